The molecule has 0 saturated carbocycles. The van der Waals surface area contributed by atoms with E-state index in [1.54, 1.807) is 12.1 Å². The summed E-state index contributed by atoms with van der Waals surface area (Å²) in [5, 5.41) is 0. The van der Waals surface area contributed by atoms with Gasteiger partial charge in [0.2, 0.25) is 0 Å². The van der Waals surface area contributed by atoms with Gasteiger partial charge in [-0.05, 0) is 47.5 Å². The SMILES string of the molecule is O=C(c1ccccc1)c1ccc(Oc2ccc(-c3ccccc3)cc2)cc1. The summed E-state index contributed by atoms with van der Waals surface area (Å²) in [5.41, 5.74) is 3.65. The van der Waals surface area contributed by atoms with E-state index in [2.05, 4.69) is 12.1 Å². The summed E-state index contributed by atoms with van der Waals surface area (Å²) in [6, 6.07) is 34.7. The van der Waals surface area contributed by atoms with Gasteiger partial charge < -0.3 is 4.74 Å². The van der Waals surface area contributed by atoms with Gasteiger partial charge >= 0.3 is 0 Å². The molecule has 27 heavy (non-hydrogen) atoms. The summed E-state index contributed by atoms with van der Waals surface area (Å²) in [6.45, 7) is 0. The van der Waals surface area contributed by atoms with Gasteiger partial charge in [-0.2, -0.15) is 0 Å². The molecule has 0 unspecified atom stereocenters. The summed E-state index contributed by atoms with van der Waals surface area (Å²) >= 11 is 0. The first-order valence-electron chi connectivity index (χ1n) is 8.83. The van der Waals surface area contributed by atoms with Crippen molar-refractivity contribution in [3.63, 3.8) is 0 Å². The molecule has 130 valence electrons. The fourth-order valence-corrected chi connectivity index (χ4v) is 2.91. The van der Waals surface area contributed by atoms with E-state index in [9.17, 15) is 4.79 Å². The van der Waals surface area contributed by atoms with Gasteiger partial charge in [-0.1, -0.05) is 72.8 Å². The lowest BCUT2D eigenvalue weighted by Gasteiger charge is -2.08. The van der Waals surface area contributed by atoms with Gasteiger partial charge in [-0.15, -0.1) is 0 Å². The third kappa shape index (κ3) is 3.96. The molecule has 0 spiro atoms. The molecule has 0 bridgehead atoms. The third-order valence-corrected chi connectivity index (χ3v) is 4.35. The van der Waals surface area contributed by atoms with Crippen LogP contribution in [0.25, 0.3) is 11.1 Å². The monoisotopic (exact) mass is 350 g/mol. The predicted molar refractivity (Wildman–Crippen MR) is 108 cm³/mol. The first-order valence-corrected chi connectivity index (χ1v) is 8.83. The van der Waals surface area contributed by atoms with E-state index in [1.165, 1.54) is 5.56 Å². The number of hydrogen-bond acceptors (Lipinski definition) is 2. The van der Waals surface area contributed by atoms with E-state index >= 15 is 0 Å². The molecule has 0 N–H and O–H groups in total. The number of carbonyl (C=O) groups excluding carboxylic acids is 1. The van der Waals surface area contributed by atoms with Crippen LogP contribution in [-0.2, 0) is 0 Å². The van der Waals surface area contributed by atoms with Gasteiger partial charge in [-0.3, -0.25) is 4.79 Å². The van der Waals surface area contributed by atoms with Crippen molar-refractivity contribution in [2.45, 2.75) is 0 Å². The zero-order valence-electron chi connectivity index (χ0n) is 14.7. The van der Waals surface area contributed by atoms with Gasteiger partial charge in [0.1, 0.15) is 11.5 Å². The molecule has 0 aliphatic carbocycles. The number of benzene rings is 4. The average Bonchev–Trinajstić information content (AvgIpc) is 2.76. The molecule has 0 saturated heterocycles. The second kappa shape index (κ2) is 7.71. The van der Waals surface area contributed by atoms with Gasteiger partial charge in [0.25, 0.3) is 0 Å². The highest BCUT2D eigenvalue weighted by atomic mass is 16.5. The minimum Gasteiger partial charge on any atom is -0.457 e. The smallest absolute Gasteiger partial charge is 0.193 e. The highest BCUT2D eigenvalue weighted by Gasteiger charge is 2.08. The third-order valence-electron chi connectivity index (χ3n) is 4.35. The Morgan fingerprint density at radius 3 is 1.52 bits per heavy atom. The van der Waals surface area contributed by atoms with E-state index in [0.29, 0.717) is 16.9 Å². The van der Waals surface area contributed by atoms with Gasteiger partial charge in [0.15, 0.2) is 5.78 Å². The molecule has 0 aliphatic rings. The number of rotatable bonds is 5. The molecule has 0 aliphatic heterocycles. The number of hydrogen-bond donors (Lipinski definition) is 0. The van der Waals surface area contributed by atoms with Crippen LogP contribution < -0.4 is 4.74 Å². The molecule has 0 aromatic heterocycles. The maximum Gasteiger partial charge on any atom is 0.193 e. The minimum absolute atomic E-state index is 0.00867. The molecule has 2 nitrogen and oxygen atoms in total. The van der Waals surface area contributed by atoms with Crippen LogP contribution in [-0.4, -0.2) is 5.78 Å². The van der Waals surface area contributed by atoms with Crippen molar-refractivity contribution in [3.05, 3.63) is 120 Å². The molecule has 2 heteroatoms. The van der Waals surface area contributed by atoms with Crippen molar-refractivity contribution in [2.24, 2.45) is 0 Å². The van der Waals surface area contributed by atoms with E-state index in [4.69, 9.17) is 4.74 Å². The van der Waals surface area contributed by atoms with Crippen molar-refractivity contribution >= 4 is 5.78 Å². The van der Waals surface area contributed by atoms with Crippen LogP contribution in [0.2, 0.25) is 0 Å². The Balaban J connectivity index is 1.46. The number of carbonyl (C=O) groups is 1. The normalized spacial score (nSPS) is 10.4. The fraction of sp³-hybridized carbons (Fsp3) is 0. The molecule has 0 heterocycles. The van der Waals surface area contributed by atoms with Crippen LogP contribution in [0, 0.1) is 0 Å². The first kappa shape index (κ1) is 16.8. The highest BCUT2D eigenvalue weighted by molar-refractivity contribution is 6.08. The zero-order valence-corrected chi connectivity index (χ0v) is 14.7. The molecule has 0 fully saturated rings. The van der Waals surface area contributed by atoms with Crippen LogP contribution in [0.1, 0.15) is 15.9 Å². The van der Waals surface area contributed by atoms with E-state index < -0.39 is 0 Å². The van der Waals surface area contributed by atoms with Crippen molar-refractivity contribution in [3.8, 4) is 22.6 Å². The summed E-state index contributed by atoms with van der Waals surface area (Å²) in [6.07, 6.45) is 0. The van der Waals surface area contributed by atoms with E-state index in [1.807, 2.05) is 84.9 Å². The quantitative estimate of drug-likeness (QED) is 0.391. The topological polar surface area (TPSA) is 26.3 Å². The standard InChI is InChI=1S/C25H18O2/c26-25(21-9-5-2-6-10-21)22-13-17-24(18-14-22)27-23-15-11-20(12-16-23)19-7-3-1-4-8-19/h1-18H. The maximum absolute atomic E-state index is 12.4. The largest absolute Gasteiger partial charge is 0.457 e. The Labute approximate surface area is 158 Å². The molecule has 0 amide bonds. The van der Waals surface area contributed by atoms with Crippen LogP contribution in [0.15, 0.2) is 109 Å². The summed E-state index contributed by atoms with van der Waals surface area (Å²) in [4.78, 5) is 12.4. The zero-order chi connectivity index (χ0) is 18.5. The second-order valence-corrected chi connectivity index (χ2v) is 6.21. The summed E-state index contributed by atoms with van der Waals surface area (Å²) in [7, 11) is 0. The molecule has 0 atom stereocenters. The Morgan fingerprint density at radius 1 is 0.481 bits per heavy atom. The molecular weight excluding hydrogens is 332 g/mol. The van der Waals surface area contributed by atoms with Crippen molar-refractivity contribution in [2.75, 3.05) is 0 Å². The Morgan fingerprint density at radius 2 is 0.926 bits per heavy atom. The summed E-state index contributed by atoms with van der Waals surface area (Å²) in [5.74, 6) is 1.47. The van der Waals surface area contributed by atoms with E-state index in [-0.39, 0.29) is 5.78 Å². The van der Waals surface area contributed by atoms with Crippen LogP contribution >= 0.6 is 0 Å². The van der Waals surface area contributed by atoms with Gasteiger partial charge in [0, 0.05) is 11.1 Å². The highest BCUT2D eigenvalue weighted by Crippen LogP contribution is 2.26. The van der Waals surface area contributed by atoms with Gasteiger partial charge in [0.05, 0.1) is 0 Å². The predicted octanol–water partition coefficient (Wildman–Crippen LogP) is 6.38. The van der Waals surface area contributed by atoms with Gasteiger partial charge in [-0.25, -0.2) is 0 Å². The van der Waals surface area contributed by atoms with Crippen LogP contribution in [0.3, 0.4) is 0 Å². The lowest BCUT2D eigenvalue weighted by atomic mass is 10.0. The first-order chi connectivity index (χ1) is 13.3. The Hall–Kier alpha value is -3.65. The van der Waals surface area contributed by atoms with Crippen molar-refractivity contribution in [1.82, 2.24) is 0 Å². The lowest BCUT2D eigenvalue weighted by Crippen LogP contribution is -2.00. The van der Waals surface area contributed by atoms with Crippen LogP contribution in [0.4, 0.5) is 0 Å². The number of ketones is 1. The number of ether oxygens (including phenoxy) is 1. The molecule has 4 aromatic rings. The fourth-order valence-electron chi connectivity index (χ4n) is 2.91. The average molecular weight is 350 g/mol. The second-order valence-electron chi connectivity index (χ2n) is 6.21. The van der Waals surface area contributed by atoms with Crippen molar-refractivity contribution in [1.29, 1.82) is 0 Å². The minimum atomic E-state index is 0.00867. The molecular formula is C25H18O2. The van der Waals surface area contributed by atoms with Crippen molar-refractivity contribution < 1.29 is 9.53 Å². The Bertz CT molecular complexity index is 1020. The summed E-state index contributed by atoms with van der Waals surface area (Å²) < 4.78 is 5.90. The molecule has 4 rings (SSSR count). The van der Waals surface area contributed by atoms with E-state index in [0.717, 1.165) is 11.3 Å². The Kier molecular flexibility index (Phi) is 4.80. The molecule has 0 radical (unpaired) electrons. The lowest BCUT2D eigenvalue weighted by molar-refractivity contribution is 0.103. The van der Waals surface area contributed by atoms with Crippen LogP contribution in [0.5, 0.6) is 11.5 Å². The molecule has 4 aromatic carbocycles. The maximum atomic E-state index is 12.4.